The first kappa shape index (κ1) is 20.4. The molecule has 0 heterocycles. The summed E-state index contributed by atoms with van der Waals surface area (Å²) < 4.78 is 51.8. The number of hydrogen-bond donors (Lipinski definition) is 1. The van der Waals surface area contributed by atoms with Crippen LogP contribution >= 0.6 is 0 Å². The lowest BCUT2D eigenvalue weighted by Gasteiger charge is -2.12. The molecule has 0 fully saturated rings. The zero-order valence-corrected chi connectivity index (χ0v) is 14.7. The fourth-order valence-electron chi connectivity index (χ4n) is 2.11. The highest BCUT2D eigenvalue weighted by atomic mass is 19.4. The fourth-order valence-corrected chi connectivity index (χ4v) is 2.11. The molecule has 1 amide bonds. The van der Waals surface area contributed by atoms with Crippen LogP contribution in [0.2, 0.25) is 0 Å². The molecule has 0 bridgehead atoms. The van der Waals surface area contributed by atoms with Gasteiger partial charge in [0.15, 0.2) is 24.7 Å². The molecule has 5 nitrogen and oxygen atoms in total. The Bertz CT molecular complexity index is 732. The van der Waals surface area contributed by atoms with Gasteiger partial charge in [-0.25, -0.2) is 0 Å². The van der Waals surface area contributed by atoms with Crippen LogP contribution in [0.4, 0.5) is 13.2 Å². The van der Waals surface area contributed by atoms with Crippen molar-refractivity contribution < 1.29 is 32.2 Å². The Morgan fingerprint density at radius 2 is 1.59 bits per heavy atom. The second-order valence-electron chi connectivity index (χ2n) is 5.49. The second-order valence-corrected chi connectivity index (χ2v) is 5.49. The predicted molar refractivity (Wildman–Crippen MR) is 92.9 cm³/mol. The molecule has 2 aromatic rings. The van der Waals surface area contributed by atoms with Gasteiger partial charge in [0.2, 0.25) is 0 Å². The van der Waals surface area contributed by atoms with Gasteiger partial charge in [-0.2, -0.15) is 13.2 Å². The number of rotatable bonds is 9. The first-order valence-corrected chi connectivity index (χ1v) is 8.27. The Balaban J connectivity index is 1.77. The molecule has 8 heteroatoms. The molecule has 0 spiro atoms. The first-order valence-electron chi connectivity index (χ1n) is 8.27. The van der Waals surface area contributed by atoms with Gasteiger partial charge in [0, 0.05) is 6.54 Å². The predicted octanol–water partition coefficient (Wildman–Crippen LogP) is 3.72. The minimum atomic E-state index is -4.38. The average molecular weight is 383 g/mol. The van der Waals surface area contributed by atoms with E-state index in [4.69, 9.17) is 9.47 Å². The molecule has 27 heavy (non-hydrogen) atoms. The maximum Gasteiger partial charge on any atom is 0.422 e. The number of hydrogen-bond acceptors (Lipinski definition) is 4. The van der Waals surface area contributed by atoms with Gasteiger partial charge in [0.1, 0.15) is 5.75 Å². The van der Waals surface area contributed by atoms with Gasteiger partial charge in [-0.05, 0) is 36.8 Å². The fraction of sp³-hybridized carbons (Fsp3) is 0.316. The minimum Gasteiger partial charge on any atom is -0.490 e. The number of carbonyl (C=O) groups is 1. The van der Waals surface area contributed by atoms with E-state index in [1.54, 1.807) is 36.4 Å². The summed E-state index contributed by atoms with van der Waals surface area (Å²) in [6, 6.07) is 13.0. The van der Waals surface area contributed by atoms with E-state index < -0.39 is 12.8 Å². The Kier molecular flexibility index (Phi) is 7.34. The number of halogens is 3. The van der Waals surface area contributed by atoms with Crippen LogP contribution in [0.1, 0.15) is 12.5 Å². The van der Waals surface area contributed by atoms with Crippen LogP contribution in [0.25, 0.3) is 0 Å². The molecular weight excluding hydrogens is 363 g/mol. The highest BCUT2D eigenvalue weighted by molar-refractivity contribution is 5.77. The van der Waals surface area contributed by atoms with Crippen molar-refractivity contribution in [2.75, 3.05) is 19.8 Å². The van der Waals surface area contributed by atoms with Crippen molar-refractivity contribution in [2.45, 2.75) is 19.6 Å². The standard InChI is InChI=1S/C19H20F3NO4/c1-2-25-16-5-3-4-6-17(16)26-12-18(24)23-11-14-7-9-15(10-8-14)27-13-19(20,21)22/h3-10H,2,11-13H2,1H3,(H,23,24). The van der Waals surface area contributed by atoms with Crippen molar-refractivity contribution in [3.05, 3.63) is 54.1 Å². The Morgan fingerprint density at radius 3 is 2.19 bits per heavy atom. The smallest absolute Gasteiger partial charge is 0.422 e. The maximum atomic E-state index is 12.1. The number of benzene rings is 2. The largest absolute Gasteiger partial charge is 0.490 e. The van der Waals surface area contributed by atoms with Gasteiger partial charge >= 0.3 is 6.18 Å². The van der Waals surface area contributed by atoms with E-state index >= 15 is 0 Å². The molecule has 146 valence electrons. The summed E-state index contributed by atoms with van der Waals surface area (Å²) >= 11 is 0. The lowest BCUT2D eigenvalue weighted by atomic mass is 10.2. The van der Waals surface area contributed by atoms with Crippen molar-refractivity contribution in [1.82, 2.24) is 5.32 Å². The van der Waals surface area contributed by atoms with E-state index in [-0.39, 0.29) is 24.8 Å². The van der Waals surface area contributed by atoms with Crippen LogP contribution in [0.3, 0.4) is 0 Å². The number of para-hydroxylation sites is 2. The van der Waals surface area contributed by atoms with Gasteiger partial charge in [-0.15, -0.1) is 0 Å². The molecule has 0 aliphatic carbocycles. The number of carbonyl (C=O) groups excluding carboxylic acids is 1. The average Bonchev–Trinajstić information content (AvgIpc) is 2.64. The van der Waals surface area contributed by atoms with Gasteiger partial charge in [-0.1, -0.05) is 24.3 Å². The zero-order chi connectivity index (χ0) is 19.7. The lowest BCUT2D eigenvalue weighted by Crippen LogP contribution is -2.28. The van der Waals surface area contributed by atoms with Crippen LogP contribution in [0, 0.1) is 0 Å². The lowest BCUT2D eigenvalue weighted by molar-refractivity contribution is -0.153. The minimum absolute atomic E-state index is 0.110. The summed E-state index contributed by atoms with van der Waals surface area (Å²) in [5.41, 5.74) is 0.720. The van der Waals surface area contributed by atoms with Crippen LogP contribution in [0.15, 0.2) is 48.5 Å². The van der Waals surface area contributed by atoms with Crippen LogP contribution in [-0.2, 0) is 11.3 Å². The zero-order valence-electron chi connectivity index (χ0n) is 14.7. The number of amides is 1. The summed E-state index contributed by atoms with van der Waals surface area (Å²) in [6.45, 7) is 1.02. The summed E-state index contributed by atoms with van der Waals surface area (Å²) in [7, 11) is 0. The Labute approximate surface area is 155 Å². The molecule has 0 aliphatic heterocycles. The van der Waals surface area contributed by atoms with E-state index in [0.29, 0.717) is 18.1 Å². The van der Waals surface area contributed by atoms with Crippen molar-refractivity contribution in [3.63, 3.8) is 0 Å². The van der Waals surface area contributed by atoms with Gasteiger partial charge < -0.3 is 19.5 Å². The van der Waals surface area contributed by atoms with E-state index in [9.17, 15) is 18.0 Å². The third-order valence-electron chi connectivity index (χ3n) is 3.32. The molecule has 0 saturated heterocycles. The molecular formula is C19H20F3NO4. The molecule has 2 rings (SSSR count). The third-order valence-corrected chi connectivity index (χ3v) is 3.32. The molecule has 0 unspecified atom stereocenters. The van der Waals surface area contributed by atoms with Crippen LogP contribution in [-0.4, -0.2) is 31.9 Å². The van der Waals surface area contributed by atoms with E-state index in [0.717, 1.165) is 5.56 Å². The van der Waals surface area contributed by atoms with Crippen molar-refractivity contribution in [1.29, 1.82) is 0 Å². The Morgan fingerprint density at radius 1 is 0.963 bits per heavy atom. The molecule has 2 aromatic carbocycles. The van der Waals surface area contributed by atoms with Gasteiger partial charge in [-0.3, -0.25) is 4.79 Å². The summed E-state index contributed by atoms with van der Waals surface area (Å²) in [5.74, 6) is 0.805. The quantitative estimate of drug-likeness (QED) is 0.717. The van der Waals surface area contributed by atoms with Crippen molar-refractivity contribution in [2.24, 2.45) is 0 Å². The van der Waals surface area contributed by atoms with E-state index in [1.165, 1.54) is 12.1 Å². The van der Waals surface area contributed by atoms with Gasteiger partial charge in [0.25, 0.3) is 5.91 Å². The van der Waals surface area contributed by atoms with Crippen LogP contribution in [0.5, 0.6) is 17.2 Å². The molecule has 0 radical (unpaired) electrons. The van der Waals surface area contributed by atoms with E-state index in [2.05, 4.69) is 10.1 Å². The van der Waals surface area contributed by atoms with E-state index in [1.807, 2.05) is 6.92 Å². The summed E-state index contributed by atoms with van der Waals surface area (Å²) in [6.07, 6.45) is -4.38. The molecule has 0 aliphatic rings. The summed E-state index contributed by atoms with van der Waals surface area (Å²) in [4.78, 5) is 11.9. The van der Waals surface area contributed by atoms with Crippen LogP contribution < -0.4 is 19.5 Å². The molecule has 0 saturated carbocycles. The van der Waals surface area contributed by atoms with Crippen molar-refractivity contribution in [3.8, 4) is 17.2 Å². The second kappa shape index (κ2) is 9.70. The SMILES string of the molecule is CCOc1ccccc1OCC(=O)NCc1ccc(OCC(F)(F)F)cc1. The normalized spacial score (nSPS) is 11.0. The number of ether oxygens (including phenoxy) is 3. The number of nitrogens with one attached hydrogen (secondary N) is 1. The maximum absolute atomic E-state index is 12.1. The first-order chi connectivity index (χ1) is 12.9. The van der Waals surface area contributed by atoms with Gasteiger partial charge in [0.05, 0.1) is 6.61 Å². The Hall–Kier alpha value is -2.90. The third kappa shape index (κ3) is 7.47. The number of alkyl halides is 3. The topological polar surface area (TPSA) is 56.8 Å². The molecule has 0 aromatic heterocycles. The van der Waals surface area contributed by atoms with Crippen molar-refractivity contribution >= 4 is 5.91 Å². The summed E-state index contributed by atoms with van der Waals surface area (Å²) in [5, 5.41) is 2.67. The molecule has 1 N–H and O–H groups in total. The highest BCUT2D eigenvalue weighted by Gasteiger charge is 2.28. The highest BCUT2D eigenvalue weighted by Crippen LogP contribution is 2.26. The monoisotopic (exact) mass is 383 g/mol. The molecule has 0 atom stereocenters.